The molecule has 0 fully saturated rings. The van der Waals surface area contributed by atoms with Crippen LogP contribution in [0.5, 0.6) is 11.5 Å². The second-order valence-corrected chi connectivity index (χ2v) is 5.70. The Bertz CT molecular complexity index is 548. The molecule has 0 aromatic heterocycles. The van der Waals surface area contributed by atoms with Gasteiger partial charge in [0.05, 0.1) is 26.9 Å². The first-order chi connectivity index (χ1) is 11.6. The second-order valence-electron chi connectivity index (χ2n) is 5.70. The van der Waals surface area contributed by atoms with Crippen LogP contribution < -0.4 is 9.47 Å². The molecule has 0 bridgehead atoms. The van der Waals surface area contributed by atoms with E-state index in [-0.39, 0.29) is 6.61 Å². The molecule has 1 unspecified atom stereocenters. The highest BCUT2D eigenvalue weighted by atomic mass is 16.5. The van der Waals surface area contributed by atoms with E-state index in [1.165, 1.54) is 0 Å². The zero-order valence-corrected chi connectivity index (χ0v) is 14.2. The van der Waals surface area contributed by atoms with E-state index >= 15 is 0 Å². The summed E-state index contributed by atoms with van der Waals surface area (Å²) < 4.78 is 10.4. The van der Waals surface area contributed by atoms with Crippen LogP contribution in [0.15, 0.2) is 48.5 Å². The number of aliphatic hydroxyl groups excluding tert-OH is 2. The Morgan fingerprint density at radius 3 is 1.58 bits per heavy atom. The maximum Gasteiger partial charge on any atom is 0.118 e. The number of aliphatic hydroxyl groups is 2. The summed E-state index contributed by atoms with van der Waals surface area (Å²) in [6, 6.07) is 15.7. The highest BCUT2D eigenvalue weighted by Gasteiger charge is 2.12. The van der Waals surface area contributed by atoms with Crippen molar-refractivity contribution in [3.63, 3.8) is 0 Å². The highest BCUT2D eigenvalue weighted by Crippen LogP contribution is 2.17. The molecular formula is C19H25NO4. The molecule has 5 heteroatoms. The zero-order chi connectivity index (χ0) is 17.4. The van der Waals surface area contributed by atoms with Crippen LogP contribution in [-0.2, 0) is 13.1 Å². The lowest BCUT2D eigenvalue weighted by atomic mass is 10.1. The molecule has 0 spiro atoms. The SMILES string of the molecule is COc1ccc(CN(Cc2ccc(OC)cc2)CC(O)CO)cc1. The molecular weight excluding hydrogens is 306 g/mol. The van der Waals surface area contributed by atoms with Crippen molar-refractivity contribution >= 4 is 0 Å². The lowest BCUT2D eigenvalue weighted by Gasteiger charge is -2.25. The number of ether oxygens (including phenoxy) is 2. The van der Waals surface area contributed by atoms with Gasteiger partial charge in [-0.15, -0.1) is 0 Å². The van der Waals surface area contributed by atoms with Crippen LogP contribution in [0.4, 0.5) is 0 Å². The van der Waals surface area contributed by atoms with Gasteiger partial charge in [-0.1, -0.05) is 24.3 Å². The number of hydrogen-bond donors (Lipinski definition) is 2. The molecule has 130 valence electrons. The Labute approximate surface area is 143 Å². The molecule has 2 aromatic carbocycles. The predicted octanol–water partition coefficient (Wildman–Crippen LogP) is 2.06. The van der Waals surface area contributed by atoms with Crippen molar-refractivity contribution in [2.75, 3.05) is 27.4 Å². The van der Waals surface area contributed by atoms with Gasteiger partial charge < -0.3 is 19.7 Å². The van der Waals surface area contributed by atoms with Crippen LogP contribution in [0.3, 0.4) is 0 Å². The number of rotatable bonds is 9. The number of methoxy groups -OCH3 is 2. The zero-order valence-electron chi connectivity index (χ0n) is 14.2. The molecule has 0 radical (unpaired) electrons. The molecule has 2 aromatic rings. The standard InChI is InChI=1S/C19H25NO4/c1-23-18-7-3-15(4-8-18)11-20(13-17(22)14-21)12-16-5-9-19(24-2)10-6-16/h3-10,17,21-22H,11-14H2,1-2H3. The third kappa shape index (κ3) is 5.53. The van der Waals surface area contributed by atoms with Crippen molar-refractivity contribution in [2.45, 2.75) is 19.2 Å². The molecule has 0 amide bonds. The van der Waals surface area contributed by atoms with Gasteiger partial charge in [-0.3, -0.25) is 4.90 Å². The van der Waals surface area contributed by atoms with Crippen LogP contribution in [0.25, 0.3) is 0 Å². The number of nitrogens with zero attached hydrogens (tertiary/aromatic N) is 1. The van der Waals surface area contributed by atoms with Gasteiger partial charge in [0.1, 0.15) is 11.5 Å². The van der Waals surface area contributed by atoms with Gasteiger partial charge in [0.25, 0.3) is 0 Å². The van der Waals surface area contributed by atoms with Crippen LogP contribution in [0.2, 0.25) is 0 Å². The summed E-state index contributed by atoms with van der Waals surface area (Å²) in [6.07, 6.45) is -0.763. The van der Waals surface area contributed by atoms with Crippen LogP contribution in [0.1, 0.15) is 11.1 Å². The molecule has 2 N–H and O–H groups in total. The van der Waals surface area contributed by atoms with Gasteiger partial charge in [-0.2, -0.15) is 0 Å². The third-order valence-electron chi connectivity index (χ3n) is 3.81. The topological polar surface area (TPSA) is 62.2 Å². The van der Waals surface area contributed by atoms with Gasteiger partial charge in [-0.25, -0.2) is 0 Å². The Hall–Kier alpha value is -2.08. The van der Waals surface area contributed by atoms with Crippen LogP contribution in [-0.4, -0.2) is 48.6 Å². The second kappa shape index (κ2) is 9.27. The summed E-state index contributed by atoms with van der Waals surface area (Å²) >= 11 is 0. The fourth-order valence-corrected chi connectivity index (χ4v) is 2.52. The van der Waals surface area contributed by atoms with Gasteiger partial charge in [0.15, 0.2) is 0 Å². The summed E-state index contributed by atoms with van der Waals surface area (Å²) in [6.45, 7) is 1.50. The smallest absolute Gasteiger partial charge is 0.118 e. The number of benzene rings is 2. The van der Waals surface area contributed by atoms with E-state index in [1.807, 2.05) is 48.5 Å². The molecule has 0 heterocycles. The average Bonchev–Trinajstić information content (AvgIpc) is 2.62. The minimum absolute atomic E-state index is 0.248. The maximum absolute atomic E-state index is 9.82. The van der Waals surface area contributed by atoms with Crippen molar-refractivity contribution < 1.29 is 19.7 Å². The molecule has 24 heavy (non-hydrogen) atoms. The van der Waals surface area contributed by atoms with E-state index in [0.717, 1.165) is 22.6 Å². The quantitative estimate of drug-likeness (QED) is 0.736. The minimum atomic E-state index is -0.763. The van der Waals surface area contributed by atoms with E-state index in [0.29, 0.717) is 19.6 Å². The predicted molar refractivity (Wildman–Crippen MR) is 93.2 cm³/mol. The Kier molecular flexibility index (Phi) is 7.06. The van der Waals surface area contributed by atoms with E-state index in [4.69, 9.17) is 14.6 Å². The third-order valence-corrected chi connectivity index (χ3v) is 3.81. The van der Waals surface area contributed by atoms with E-state index in [9.17, 15) is 5.11 Å². The molecule has 0 aliphatic carbocycles. The molecule has 1 atom stereocenters. The average molecular weight is 331 g/mol. The van der Waals surface area contributed by atoms with Gasteiger partial charge in [-0.05, 0) is 35.4 Å². The molecule has 2 rings (SSSR count). The maximum atomic E-state index is 9.82. The largest absolute Gasteiger partial charge is 0.497 e. The summed E-state index contributed by atoms with van der Waals surface area (Å²) in [5.41, 5.74) is 2.24. The Balaban J connectivity index is 2.07. The van der Waals surface area contributed by atoms with Crippen molar-refractivity contribution in [3.05, 3.63) is 59.7 Å². The van der Waals surface area contributed by atoms with Gasteiger partial charge in [0.2, 0.25) is 0 Å². The molecule has 0 saturated heterocycles. The summed E-state index contributed by atoms with van der Waals surface area (Å²) in [7, 11) is 3.28. The van der Waals surface area contributed by atoms with Crippen molar-refractivity contribution in [1.29, 1.82) is 0 Å². The first-order valence-electron chi connectivity index (χ1n) is 7.91. The van der Waals surface area contributed by atoms with E-state index < -0.39 is 6.10 Å². The molecule has 0 aliphatic rings. The van der Waals surface area contributed by atoms with Gasteiger partial charge in [0, 0.05) is 19.6 Å². The molecule has 5 nitrogen and oxygen atoms in total. The summed E-state index contributed by atoms with van der Waals surface area (Å²) in [5.74, 6) is 1.63. The minimum Gasteiger partial charge on any atom is -0.497 e. The fraction of sp³-hybridized carbons (Fsp3) is 0.368. The van der Waals surface area contributed by atoms with Gasteiger partial charge >= 0.3 is 0 Å². The van der Waals surface area contributed by atoms with Crippen molar-refractivity contribution in [1.82, 2.24) is 4.90 Å². The number of hydrogen-bond acceptors (Lipinski definition) is 5. The van der Waals surface area contributed by atoms with Crippen LogP contribution >= 0.6 is 0 Å². The van der Waals surface area contributed by atoms with Crippen LogP contribution in [0, 0.1) is 0 Å². The summed E-state index contributed by atoms with van der Waals surface area (Å²) in [5, 5.41) is 19.0. The van der Waals surface area contributed by atoms with Crippen molar-refractivity contribution in [3.8, 4) is 11.5 Å². The first-order valence-corrected chi connectivity index (χ1v) is 7.91. The Morgan fingerprint density at radius 2 is 1.25 bits per heavy atom. The van der Waals surface area contributed by atoms with E-state index in [2.05, 4.69) is 4.90 Å². The monoisotopic (exact) mass is 331 g/mol. The summed E-state index contributed by atoms with van der Waals surface area (Å²) in [4.78, 5) is 2.10. The fourth-order valence-electron chi connectivity index (χ4n) is 2.52. The first kappa shape index (κ1) is 18.3. The van der Waals surface area contributed by atoms with Crippen molar-refractivity contribution in [2.24, 2.45) is 0 Å². The molecule has 0 aliphatic heterocycles. The Morgan fingerprint density at radius 1 is 0.833 bits per heavy atom. The lowest BCUT2D eigenvalue weighted by Crippen LogP contribution is -2.33. The molecule has 0 saturated carbocycles. The van der Waals surface area contributed by atoms with E-state index in [1.54, 1.807) is 14.2 Å². The normalized spacial score (nSPS) is 12.2. The highest BCUT2D eigenvalue weighted by molar-refractivity contribution is 5.28. The lowest BCUT2D eigenvalue weighted by molar-refractivity contribution is 0.0542.